The van der Waals surface area contributed by atoms with E-state index in [9.17, 15) is 18.0 Å². The fourth-order valence-electron chi connectivity index (χ4n) is 2.98. The molecule has 1 amide bonds. The Hall–Kier alpha value is -2.38. The second-order valence-corrected chi connectivity index (χ2v) is 5.97. The standard InChI is InChI=1S/C16H17F3N4O/c1-22(2)14(24)12-8-5-9-23(12)13-10-6-3-4-7-11(10)20-15(21-13)16(17,18)19/h3-4,6-7,12H,5,8-9H2,1-2H3. The molecule has 8 heteroatoms. The molecule has 1 unspecified atom stereocenters. The predicted octanol–water partition coefficient (Wildman–Crippen LogP) is 2.71. The van der Waals surface area contributed by atoms with Gasteiger partial charge in [0.25, 0.3) is 0 Å². The van der Waals surface area contributed by atoms with Gasteiger partial charge in [-0.15, -0.1) is 0 Å². The maximum atomic E-state index is 13.1. The van der Waals surface area contributed by atoms with Gasteiger partial charge in [0.15, 0.2) is 0 Å². The number of fused-ring (bicyclic) bond motifs is 1. The lowest BCUT2D eigenvalue weighted by Crippen LogP contribution is -2.43. The highest BCUT2D eigenvalue weighted by Gasteiger charge is 2.38. The molecule has 0 aliphatic carbocycles. The molecule has 128 valence electrons. The highest BCUT2D eigenvalue weighted by molar-refractivity contribution is 5.93. The minimum Gasteiger partial charge on any atom is -0.347 e. The van der Waals surface area contributed by atoms with Crippen LogP contribution in [0.3, 0.4) is 0 Å². The number of carbonyl (C=O) groups excluding carboxylic acids is 1. The monoisotopic (exact) mass is 338 g/mol. The van der Waals surface area contributed by atoms with E-state index in [4.69, 9.17) is 0 Å². The van der Waals surface area contributed by atoms with E-state index in [0.29, 0.717) is 18.4 Å². The number of anilines is 1. The Balaban J connectivity index is 2.15. The van der Waals surface area contributed by atoms with Crippen molar-refractivity contribution in [1.29, 1.82) is 0 Å². The maximum absolute atomic E-state index is 13.1. The van der Waals surface area contributed by atoms with Crippen molar-refractivity contribution < 1.29 is 18.0 Å². The third-order valence-electron chi connectivity index (χ3n) is 4.09. The number of nitrogens with zero attached hydrogens (tertiary/aromatic N) is 4. The second kappa shape index (κ2) is 5.92. The minimum absolute atomic E-state index is 0.135. The SMILES string of the molecule is CN(C)C(=O)C1CCCN1c1nc(C(F)(F)F)nc2ccccc12. The van der Waals surface area contributed by atoms with Crippen LogP contribution in [0.25, 0.3) is 10.9 Å². The summed E-state index contributed by atoms with van der Waals surface area (Å²) in [5.74, 6) is -1.14. The van der Waals surface area contributed by atoms with Crippen LogP contribution in [0.2, 0.25) is 0 Å². The number of likely N-dealkylation sites (N-methyl/N-ethyl adjacent to an activating group) is 1. The first-order chi connectivity index (χ1) is 11.3. The van der Waals surface area contributed by atoms with Crippen molar-refractivity contribution in [3.8, 4) is 0 Å². The van der Waals surface area contributed by atoms with Gasteiger partial charge in [0, 0.05) is 26.0 Å². The van der Waals surface area contributed by atoms with E-state index in [1.54, 1.807) is 37.2 Å². The van der Waals surface area contributed by atoms with Crippen LogP contribution in [0.15, 0.2) is 24.3 Å². The molecule has 1 aliphatic rings. The number of carbonyl (C=O) groups is 1. The van der Waals surface area contributed by atoms with Crippen LogP contribution in [0, 0.1) is 0 Å². The van der Waals surface area contributed by atoms with Crippen LogP contribution in [0.1, 0.15) is 18.7 Å². The highest BCUT2D eigenvalue weighted by Crippen LogP contribution is 2.34. The molecular formula is C16H17F3N4O. The largest absolute Gasteiger partial charge is 0.451 e. The van der Waals surface area contributed by atoms with Crippen LogP contribution >= 0.6 is 0 Å². The molecular weight excluding hydrogens is 321 g/mol. The number of aromatic nitrogens is 2. The predicted molar refractivity (Wildman–Crippen MR) is 83.6 cm³/mol. The highest BCUT2D eigenvalue weighted by atomic mass is 19.4. The maximum Gasteiger partial charge on any atom is 0.451 e. The zero-order valence-corrected chi connectivity index (χ0v) is 13.3. The zero-order chi connectivity index (χ0) is 17.5. The van der Waals surface area contributed by atoms with Crippen molar-refractivity contribution in [3.63, 3.8) is 0 Å². The summed E-state index contributed by atoms with van der Waals surface area (Å²) in [5.41, 5.74) is 0.220. The van der Waals surface area contributed by atoms with E-state index in [1.807, 2.05) is 0 Å². The average molecular weight is 338 g/mol. The van der Waals surface area contributed by atoms with E-state index in [2.05, 4.69) is 9.97 Å². The molecule has 3 rings (SSSR count). The normalized spacial score (nSPS) is 18.2. The van der Waals surface area contributed by atoms with Crippen LogP contribution < -0.4 is 4.90 Å². The summed E-state index contributed by atoms with van der Waals surface area (Å²) >= 11 is 0. The lowest BCUT2D eigenvalue weighted by atomic mass is 10.1. The number of hydrogen-bond donors (Lipinski definition) is 0. The molecule has 0 radical (unpaired) electrons. The molecule has 2 aromatic rings. The molecule has 24 heavy (non-hydrogen) atoms. The average Bonchev–Trinajstić information content (AvgIpc) is 3.01. The van der Waals surface area contributed by atoms with Gasteiger partial charge >= 0.3 is 6.18 Å². The van der Waals surface area contributed by atoms with E-state index in [-0.39, 0.29) is 17.2 Å². The molecule has 5 nitrogen and oxygen atoms in total. The molecule has 1 atom stereocenters. The summed E-state index contributed by atoms with van der Waals surface area (Å²) in [6.07, 6.45) is -3.32. The Bertz CT molecular complexity index is 775. The quantitative estimate of drug-likeness (QED) is 0.845. The summed E-state index contributed by atoms with van der Waals surface area (Å²) in [6.45, 7) is 0.489. The first-order valence-electron chi connectivity index (χ1n) is 7.61. The van der Waals surface area contributed by atoms with Gasteiger partial charge in [0.1, 0.15) is 11.9 Å². The Morgan fingerprint density at radius 3 is 2.62 bits per heavy atom. The fourth-order valence-corrected chi connectivity index (χ4v) is 2.98. The van der Waals surface area contributed by atoms with Crippen molar-refractivity contribution >= 4 is 22.6 Å². The molecule has 2 heterocycles. The third kappa shape index (κ3) is 2.88. The summed E-state index contributed by atoms with van der Waals surface area (Å²) < 4.78 is 39.4. The number of amides is 1. The van der Waals surface area contributed by atoms with E-state index in [1.165, 1.54) is 11.0 Å². The second-order valence-electron chi connectivity index (χ2n) is 5.97. The van der Waals surface area contributed by atoms with Crippen LogP contribution in [0.5, 0.6) is 0 Å². The Morgan fingerprint density at radius 1 is 1.25 bits per heavy atom. The first kappa shape index (κ1) is 16.5. The van der Waals surface area contributed by atoms with Crippen molar-refractivity contribution in [1.82, 2.24) is 14.9 Å². The molecule has 1 aliphatic heterocycles. The summed E-state index contributed by atoms with van der Waals surface area (Å²) in [7, 11) is 3.27. The molecule has 1 fully saturated rings. The molecule has 0 N–H and O–H groups in total. The minimum atomic E-state index is -4.64. The number of halogens is 3. The van der Waals surface area contributed by atoms with E-state index < -0.39 is 18.0 Å². The van der Waals surface area contributed by atoms with Crippen LogP contribution in [-0.2, 0) is 11.0 Å². The molecule has 0 spiro atoms. The third-order valence-corrected chi connectivity index (χ3v) is 4.09. The molecule has 0 saturated carbocycles. The van der Waals surface area contributed by atoms with Gasteiger partial charge in [-0.1, -0.05) is 12.1 Å². The Morgan fingerprint density at radius 2 is 1.96 bits per heavy atom. The first-order valence-corrected chi connectivity index (χ1v) is 7.61. The smallest absolute Gasteiger partial charge is 0.347 e. The summed E-state index contributed by atoms with van der Waals surface area (Å²) in [6, 6.07) is 6.06. The van der Waals surface area contributed by atoms with Crippen LogP contribution in [-0.4, -0.2) is 47.5 Å². The van der Waals surface area contributed by atoms with Gasteiger partial charge in [-0.05, 0) is 25.0 Å². The van der Waals surface area contributed by atoms with Gasteiger partial charge in [0.05, 0.1) is 5.52 Å². The molecule has 1 saturated heterocycles. The van der Waals surface area contributed by atoms with Crippen molar-refractivity contribution in [2.75, 3.05) is 25.5 Å². The van der Waals surface area contributed by atoms with Crippen molar-refractivity contribution in [3.05, 3.63) is 30.1 Å². The Kier molecular flexibility index (Phi) is 4.06. The number of hydrogen-bond acceptors (Lipinski definition) is 4. The summed E-state index contributed by atoms with van der Waals surface area (Å²) in [4.78, 5) is 22.9. The lowest BCUT2D eigenvalue weighted by molar-refractivity contribution is -0.144. The fraction of sp³-hybridized carbons (Fsp3) is 0.438. The van der Waals surface area contributed by atoms with Crippen molar-refractivity contribution in [2.24, 2.45) is 0 Å². The molecule has 0 bridgehead atoms. The van der Waals surface area contributed by atoms with Gasteiger partial charge in [-0.2, -0.15) is 13.2 Å². The van der Waals surface area contributed by atoms with Gasteiger partial charge in [-0.25, -0.2) is 9.97 Å². The number of benzene rings is 1. The van der Waals surface area contributed by atoms with Gasteiger partial charge in [-0.3, -0.25) is 4.79 Å². The zero-order valence-electron chi connectivity index (χ0n) is 13.3. The van der Waals surface area contributed by atoms with Gasteiger partial charge in [0.2, 0.25) is 11.7 Å². The van der Waals surface area contributed by atoms with E-state index in [0.717, 1.165) is 6.42 Å². The van der Waals surface area contributed by atoms with Crippen LogP contribution in [0.4, 0.5) is 19.0 Å². The molecule has 1 aromatic carbocycles. The number of rotatable bonds is 2. The summed E-state index contributed by atoms with van der Waals surface area (Å²) in [5, 5.41) is 0.518. The number of para-hydroxylation sites is 1. The Labute approximate surface area is 137 Å². The number of alkyl halides is 3. The molecule has 1 aromatic heterocycles. The van der Waals surface area contributed by atoms with Crippen molar-refractivity contribution in [2.45, 2.75) is 25.1 Å². The topological polar surface area (TPSA) is 49.3 Å². The van der Waals surface area contributed by atoms with Gasteiger partial charge < -0.3 is 9.80 Å². The van der Waals surface area contributed by atoms with E-state index >= 15 is 0 Å². The lowest BCUT2D eigenvalue weighted by Gasteiger charge is -2.28.